The fourth-order valence-corrected chi connectivity index (χ4v) is 6.63. The van der Waals surface area contributed by atoms with Crippen molar-refractivity contribution in [1.29, 1.82) is 0 Å². The van der Waals surface area contributed by atoms with E-state index >= 15 is 0 Å². The molecule has 1 aromatic carbocycles. The number of carbonyl (C=O) groups excluding carboxylic acids is 3. The molecule has 2 saturated heterocycles. The number of nitrogens with zero attached hydrogens (tertiary/aromatic N) is 1. The number of phenols is 2. The molecule has 2 aliphatic heterocycles. The molecule has 5 rings (SSSR count). The van der Waals surface area contributed by atoms with Crippen molar-refractivity contribution in [3.05, 3.63) is 45.8 Å². The van der Waals surface area contributed by atoms with E-state index in [9.17, 15) is 39.2 Å². The first-order chi connectivity index (χ1) is 20.8. The van der Waals surface area contributed by atoms with Crippen molar-refractivity contribution < 1.29 is 58.1 Å². The highest BCUT2D eigenvalue weighted by molar-refractivity contribution is 6.25. The van der Waals surface area contributed by atoms with E-state index in [1.54, 1.807) is 6.92 Å². The number of halogens is 1. The Morgan fingerprint density at radius 1 is 1.18 bits per heavy atom. The van der Waals surface area contributed by atoms with Gasteiger partial charge in [-0.25, -0.2) is 4.39 Å². The molecule has 0 spiro atoms. The summed E-state index contributed by atoms with van der Waals surface area (Å²) in [6.07, 6.45) is -3.38. The van der Waals surface area contributed by atoms with Crippen LogP contribution in [0.2, 0.25) is 0 Å². The number of ketones is 3. The quantitative estimate of drug-likeness (QED) is 0.271. The van der Waals surface area contributed by atoms with Gasteiger partial charge in [0.1, 0.15) is 22.9 Å². The van der Waals surface area contributed by atoms with Gasteiger partial charge >= 0.3 is 0 Å². The Balaban J connectivity index is 1.56. The number of phenolic OH excluding ortho intramolecular Hbond substituents is 2. The monoisotopic (exact) mass is 619 g/mol. The number of fused-ring (bicyclic) bond motifs is 2. The summed E-state index contributed by atoms with van der Waals surface area (Å²) in [5, 5.41) is 45.2. The molecule has 4 aliphatic rings. The third kappa shape index (κ3) is 5.62. The van der Waals surface area contributed by atoms with E-state index in [1.165, 1.54) is 27.0 Å². The fraction of sp³-hybridized carbons (Fsp3) is 0.581. The van der Waals surface area contributed by atoms with Gasteiger partial charge in [0.2, 0.25) is 0 Å². The van der Waals surface area contributed by atoms with Crippen LogP contribution in [0.3, 0.4) is 0 Å². The topological polar surface area (TPSA) is 172 Å². The van der Waals surface area contributed by atoms with Crippen molar-refractivity contribution in [1.82, 2.24) is 4.90 Å². The van der Waals surface area contributed by atoms with Crippen LogP contribution in [0.25, 0.3) is 0 Å². The summed E-state index contributed by atoms with van der Waals surface area (Å²) in [7, 11) is 1.52. The Hall–Kier alpha value is -3.04. The first kappa shape index (κ1) is 32.4. The first-order valence-corrected chi connectivity index (χ1v) is 14.6. The predicted octanol–water partition coefficient (Wildman–Crippen LogP) is 2.16. The van der Waals surface area contributed by atoms with Gasteiger partial charge in [0.05, 0.1) is 36.0 Å². The van der Waals surface area contributed by atoms with E-state index in [4.69, 9.17) is 18.9 Å². The average molecular weight is 620 g/mol. The van der Waals surface area contributed by atoms with Crippen LogP contribution < -0.4 is 0 Å². The molecule has 1 aromatic rings. The maximum absolute atomic E-state index is 14.8. The summed E-state index contributed by atoms with van der Waals surface area (Å²) in [6, 6.07) is -0.452. The second-order valence-corrected chi connectivity index (χ2v) is 11.8. The Morgan fingerprint density at radius 3 is 2.57 bits per heavy atom. The molecule has 2 aliphatic carbocycles. The van der Waals surface area contributed by atoms with Gasteiger partial charge in [-0.1, -0.05) is 6.08 Å². The summed E-state index contributed by atoms with van der Waals surface area (Å²) >= 11 is 0. The van der Waals surface area contributed by atoms with Crippen LogP contribution in [0.15, 0.2) is 23.6 Å². The number of carbonyl (C=O) groups is 3. The number of allylic oxidation sites excluding steroid dienone is 4. The molecule has 0 aromatic heterocycles. The van der Waals surface area contributed by atoms with Crippen LogP contribution >= 0.6 is 0 Å². The summed E-state index contributed by atoms with van der Waals surface area (Å²) in [5.41, 5.74) is -3.82. The van der Waals surface area contributed by atoms with E-state index in [-0.39, 0.29) is 24.0 Å². The number of aliphatic hydroxyl groups excluding tert-OH is 1. The van der Waals surface area contributed by atoms with Crippen molar-refractivity contribution >= 4 is 17.3 Å². The van der Waals surface area contributed by atoms with E-state index in [2.05, 4.69) is 0 Å². The van der Waals surface area contributed by atoms with Crippen LogP contribution in [0, 0.1) is 0 Å². The third-order valence-electron chi connectivity index (χ3n) is 9.07. The van der Waals surface area contributed by atoms with Crippen molar-refractivity contribution in [3.8, 4) is 11.5 Å². The fourth-order valence-electron chi connectivity index (χ4n) is 6.63. The van der Waals surface area contributed by atoms with Crippen LogP contribution in [0.5, 0.6) is 11.5 Å². The zero-order valence-corrected chi connectivity index (χ0v) is 25.0. The molecule has 13 heteroatoms. The normalized spacial score (nSPS) is 34.2. The van der Waals surface area contributed by atoms with Gasteiger partial charge in [-0.2, -0.15) is 0 Å². The average Bonchev–Trinajstić information content (AvgIpc) is 2.98. The highest BCUT2D eigenvalue weighted by Crippen LogP contribution is 2.52. The number of aliphatic hydroxyl groups is 2. The lowest BCUT2D eigenvalue weighted by Gasteiger charge is -2.47. The smallest absolute Gasteiger partial charge is 0.197 e. The Labute approximate surface area is 253 Å². The summed E-state index contributed by atoms with van der Waals surface area (Å²) < 4.78 is 37.9. The first-order valence-electron chi connectivity index (χ1n) is 14.6. The van der Waals surface area contributed by atoms with Gasteiger partial charge < -0.3 is 39.4 Å². The number of benzene rings is 1. The number of rotatable bonds is 6. The lowest BCUT2D eigenvalue weighted by atomic mass is 9.72. The van der Waals surface area contributed by atoms with Gasteiger partial charge in [0, 0.05) is 68.6 Å². The largest absolute Gasteiger partial charge is 0.507 e. The zero-order valence-electron chi connectivity index (χ0n) is 25.0. The minimum absolute atomic E-state index is 0.106. The van der Waals surface area contributed by atoms with Crippen LogP contribution in [-0.2, 0) is 30.2 Å². The second-order valence-electron chi connectivity index (χ2n) is 11.8. The van der Waals surface area contributed by atoms with Gasteiger partial charge in [-0.15, -0.1) is 0 Å². The highest BCUT2D eigenvalue weighted by Gasteiger charge is 2.49. The molecular formula is C31H38FNO11. The number of methoxy groups -OCH3 is 1. The summed E-state index contributed by atoms with van der Waals surface area (Å²) in [5.74, 6) is -4.75. The molecule has 2 fully saturated rings. The lowest BCUT2D eigenvalue weighted by molar-refractivity contribution is -0.266. The number of hydrogen-bond acceptors (Lipinski definition) is 12. The van der Waals surface area contributed by atoms with E-state index < -0.39 is 107 Å². The summed E-state index contributed by atoms with van der Waals surface area (Å²) in [6.45, 7) is 5.63. The Bertz CT molecular complexity index is 1420. The molecule has 0 saturated carbocycles. The molecule has 44 heavy (non-hydrogen) atoms. The van der Waals surface area contributed by atoms with Gasteiger partial charge in [0.15, 0.2) is 29.9 Å². The molecule has 0 amide bonds. The SMILES string of the molecule is C/C=C\C(F)=C1/CC(=O)c2c(O)c3c(c(O)c2C1=O)[C@@H](O[C@H]1C[C@H](N2CCO[C@H](OC)C2)[C@H](O)[C@H](C)O1)C[C@](O)(C(C)=O)C3. The highest BCUT2D eigenvalue weighted by atomic mass is 19.1. The number of morpholine rings is 1. The molecular weight excluding hydrogens is 581 g/mol. The lowest BCUT2D eigenvalue weighted by Crippen LogP contribution is -2.59. The Morgan fingerprint density at radius 2 is 1.91 bits per heavy atom. The van der Waals surface area contributed by atoms with Crippen LogP contribution in [0.4, 0.5) is 4.39 Å². The summed E-state index contributed by atoms with van der Waals surface area (Å²) in [4.78, 5) is 41.2. The molecule has 0 radical (unpaired) electrons. The maximum Gasteiger partial charge on any atom is 0.197 e. The van der Waals surface area contributed by atoms with Crippen LogP contribution in [0.1, 0.15) is 78.0 Å². The molecule has 0 unspecified atom stereocenters. The standard InChI is InChI=1S/C31H38FNO11/c1-5-6-18(32)16-9-20(35)25-26(28(16)37)30(39)24-17(29(25)38)11-31(40,15(3)34)12-21(24)44-22-10-19(27(36)14(2)43-22)33-7-8-42-23(13-33)41-4/h5-6,14,19,21-23,27,36,38-40H,7-13H2,1-4H3/b6-5-,18-16-/t14-,19-,21-,22-,23-,27+,31-/m0/s1. The molecule has 7 atom stereocenters. The Kier molecular flexibility index (Phi) is 9.11. The van der Waals surface area contributed by atoms with Gasteiger partial charge in [0.25, 0.3) is 0 Å². The molecule has 4 N–H and O–H groups in total. The van der Waals surface area contributed by atoms with Gasteiger partial charge in [-0.3, -0.25) is 19.3 Å². The predicted molar refractivity (Wildman–Crippen MR) is 151 cm³/mol. The van der Waals surface area contributed by atoms with E-state index in [1.807, 2.05) is 4.90 Å². The molecule has 240 valence electrons. The third-order valence-corrected chi connectivity index (χ3v) is 9.07. The van der Waals surface area contributed by atoms with Gasteiger partial charge in [-0.05, 0) is 26.8 Å². The minimum atomic E-state index is -2.05. The number of Topliss-reactive ketones (excluding diaryl/α,β-unsaturated/α-hetero) is 3. The maximum atomic E-state index is 14.8. The molecule has 2 heterocycles. The minimum Gasteiger partial charge on any atom is -0.507 e. The van der Waals surface area contributed by atoms with Crippen molar-refractivity contribution in [2.75, 3.05) is 26.8 Å². The zero-order chi connectivity index (χ0) is 32.1. The van der Waals surface area contributed by atoms with Crippen molar-refractivity contribution in [2.24, 2.45) is 0 Å². The van der Waals surface area contributed by atoms with Crippen LogP contribution in [-0.4, -0.2) is 106 Å². The van der Waals surface area contributed by atoms with Crippen molar-refractivity contribution in [2.45, 2.75) is 89.0 Å². The van der Waals surface area contributed by atoms with Crippen molar-refractivity contribution in [3.63, 3.8) is 0 Å². The number of aromatic hydroxyl groups is 2. The second kappa shape index (κ2) is 12.4. The number of hydrogen-bond donors (Lipinski definition) is 4. The molecule has 12 nitrogen and oxygen atoms in total. The molecule has 0 bridgehead atoms. The number of ether oxygens (including phenoxy) is 4. The van der Waals surface area contributed by atoms with E-state index in [0.29, 0.717) is 19.7 Å². The van der Waals surface area contributed by atoms with E-state index in [0.717, 1.165) is 6.08 Å².